The number of alkyl halides is 3. The molecule has 6 heteroatoms. The Labute approximate surface area is 115 Å². The van der Waals surface area contributed by atoms with Gasteiger partial charge in [0.1, 0.15) is 5.82 Å². The first kappa shape index (κ1) is 16.5. The van der Waals surface area contributed by atoms with Crippen molar-refractivity contribution in [3.8, 4) is 11.8 Å². The number of aliphatic hydroxyl groups is 1. The summed E-state index contributed by atoms with van der Waals surface area (Å²) in [6, 6.07) is 5.40. The first-order chi connectivity index (χ1) is 9.40. The van der Waals surface area contributed by atoms with E-state index in [4.69, 9.17) is 5.11 Å². The van der Waals surface area contributed by atoms with Crippen LogP contribution in [0.25, 0.3) is 0 Å². The zero-order valence-corrected chi connectivity index (χ0v) is 10.8. The quantitative estimate of drug-likeness (QED) is 0.665. The maximum atomic E-state index is 12.7. The zero-order valence-electron chi connectivity index (χ0n) is 10.8. The van der Waals surface area contributed by atoms with Crippen LogP contribution in [-0.2, 0) is 0 Å². The number of aliphatic hydroxyl groups excluding tert-OH is 1. The molecule has 20 heavy (non-hydrogen) atoms. The molecular weight excluding hydrogens is 274 g/mol. The third-order valence-electron chi connectivity index (χ3n) is 2.41. The Morgan fingerprint density at radius 1 is 1.15 bits per heavy atom. The van der Waals surface area contributed by atoms with Gasteiger partial charge in [0.25, 0.3) is 0 Å². The van der Waals surface area contributed by atoms with Crippen molar-refractivity contribution in [3.63, 3.8) is 0 Å². The van der Waals surface area contributed by atoms with Gasteiger partial charge in [0.2, 0.25) is 0 Å². The van der Waals surface area contributed by atoms with E-state index in [1.807, 2.05) is 0 Å². The Morgan fingerprint density at radius 2 is 1.80 bits per heavy atom. The van der Waals surface area contributed by atoms with Crippen LogP contribution in [0.2, 0.25) is 0 Å². The van der Waals surface area contributed by atoms with Crippen molar-refractivity contribution in [2.24, 2.45) is 0 Å². The third kappa shape index (κ3) is 7.12. The van der Waals surface area contributed by atoms with Gasteiger partial charge in [-0.05, 0) is 30.7 Å². The summed E-state index contributed by atoms with van der Waals surface area (Å²) in [5.74, 6) is 4.91. The first-order valence-electron chi connectivity index (χ1n) is 6.05. The van der Waals surface area contributed by atoms with Crippen LogP contribution < -0.4 is 0 Å². The highest BCUT2D eigenvalue weighted by atomic mass is 19.4. The van der Waals surface area contributed by atoms with E-state index >= 15 is 0 Å². The van der Waals surface area contributed by atoms with Gasteiger partial charge >= 0.3 is 6.18 Å². The molecule has 0 bridgehead atoms. The summed E-state index contributed by atoms with van der Waals surface area (Å²) >= 11 is 0. The minimum Gasteiger partial charge on any atom is -0.396 e. The molecule has 0 aromatic heterocycles. The molecule has 0 aliphatic carbocycles. The Hall–Kier alpha value is -1.58. The smallest absolute Gasteiger partial charge is 0.396 e. The van der Waals surface area contributed by atoms with Crippen molar-refractivity contribution in [2.45, 2.75) is 12.6 Å². The third-order valence-corrected chi connectivity index (χ3v) is 2.41. The molecule has 0 fully saturated rings. The molecule has 2 nitrogen and oxygen atoms in total. The van der Waals surface area contributed by atoms with Crippen LogP contribution in [0, 0.1) is 17.7 Å². The second kappa shape index (κ2) is 7.88. The minimum absolute atomic E-state index is 0.0586. The normalized spacial score (nSPS) is 11.3. The molecule has 0 saturated carbocycles. The van der Waals surface area contributed by atoms with Gasteiger partial charge < -0.3 is 5.11 Å². The average molecular weight is 289 g/mol. The summed E-state index contributed by atoms with van der Waals surface area (Å²) in [6.07, 6.45) is -4.04. The number of benzene rings is 1. The lowest BCUT2D eigenvalue weighted by Crippen LogP contribution is -2.35. The van der Waals surface area contributed by atoms with E-state index in [-0.39, 0.29) is 26.1 Å². The zero-order chi connectivity index (χ0) is 15.0. The van der Waals surface area contributed by atoms with Crippen LogP contribution in [0.4, 0.5) is 17.6 Å². The summed E-state index contributed by atoms with van der Waals surface area (Å²) in [7, 11) is 0. The highest BCUT2D eigenvalue weighted by Gasteiger charge is 2.30. The lowest BCUT2D eigenvalue weighted by Gasteiger charge is -2.20. The molecule has 0 saturated heterocycles. The molecule has 110 valence electrons. The number of halogens is 4. The fourth-order valence-electron chi connectivity index (χ4n) is 1.55. The Balaban J connectivity index is 2.59. The van der Waals surface area contributed by atoms with E-state index in [2.05, 4.69) is 11.8 Å². The largest absolute Gasteiger partial charge is 0.401 e. The molecule has 1 N–H and O–H groups in total. The van der Waals surface area contributed by atoms with Gasteiger partial charge in [0.15, 0.2) is 0 Å². The molecule has 0 unspecified atom stereocenters. The fraction of sp³-hybridized carbons (Fsp3) is 0.429. The maximum Gasteiger partial charge on any atom is 0.401 e. The van der Waals surface area contributed by atoms with Crippen LogP contribution >= 0.6 is 0 Å². The average Bonchev–Trinajstić information content (AvgIpc) is 2.36. The molecular formula is C14H15F4NO. The number of rotatable bonds is 5. The van der Waals surface area contributed by atoms with E-state index in [1.54, 1.807) is 0 Å². The summed E-state index contributed by atoms with van der Waals surface area (Å²) in [5.41, 5.74) is 0.542. The van der Waals surface area contributed by atoms with Gasteiger partial charge in [0.05, 0.1) is 13.1 Å². The second-order valence-corrected chi connectivity index (χ2v) is 4.21. The molecule has 0 radical (unpaired) electrons. The van der Waals surface area contributed by atoms with Gasteiger partial charge in [0, 0.05) is 18.7 Å². The molecule has 0 spiro atoms. The van der Waals surface area contributed by atoms with Crippen LogP contribution in [0.5, 0.6) is 0 Å². The lowest BCUT2D eigenvalue weighted by atomic mass is 10.2. The first-order valence-corrected chi connectivity index (χ1v) is 6.05. The van der Waals surface area contributed by atoms with Crippen LogP contribution in [0.15, 0.2) is 24.3 Å². The van der Waals surface area contributed by atoms with Crippen LogP contribution in [0.1, 0.15) is 12.0 Å². The summed E-state index contributed by atoms with van der Waals surface area (Å²) < 4.78 is 49.7. The van der Waals surface area contributed by atoms with E-state index in [9.17, 15) is 17.6 Å². The fourth-order valence-corrected chi connectivity index (χ4v) is 1.55. The highest BCUT2D eigenvalue weighted by Crippen LogP contribution is 2.16. The van der Waals surface area contributed by atoms with Crippen molar-refractivity contribution in [1.82, 2.24) is 4.90 Å². The Bertz CT molecular complexity index is 459. The van der Waals surface area contributed by atoms with Crippen molar-refractivity contribution in [1.29, 1.82) is 0 Å². The number of nitrogens with zero attached hydrogens (tertiary/aromatic N) is 1. The molecule has 1 aromatic rings. The molecule has 0 heterocycles. The van der Waals surface area contributed by atoms with Crippen LogP contribution in [-0.4, -0.2) is 42.4 Å². The van der Waals surface area contributed by atoms with Gasteiger partial charge in [-0.25, -0.2) is 4.39 Å². The van der Waals surface area contributed by atoms with Gasteiger partial charge in [-0.1, -0.05) is 11.8 Å². The Morgan fingerprint density at radius 3 is 2.35 bits per heavy atom. The van der Waals surface area contributed by atoms with Crippen LogP contribution in [0.3, 0.4) is 0 Å². The SMILES string of the molecule is OCCCN(CC#Cc1ccc(F)cc1)CC(F)(F)F. The van der Waals surface area contributed by atoms with E-state index in [0.717, 1.165) is 4.90 Å². The topological polar surface area (TPSA) is 23.5 Å². The van der Waals surface area contributed by atoms with Crippen molar-refractivity contribution in [3.05, 3.63) is 35.6 Å². The van der Waals surface area contributed by atoms with E-state index in [1.165, 1.54) is 24.3 Å². The molecule has 0 aliphatic heterocycles. The summed E-state index contributed by atoms with van der Waals surface area (Å²) in [5, 5.41) is 8.66. The number of hydrogen-bond acceptors (Lipinski definition) is 2. The van der Waals surface area contributed by atoms with E-state index in [0.29, 0.717) is 5.56 Å². The summed E-state index contributed by atoms with van der Waals surface area (Å²) in [4.78, 5) is 1.12. The molecule has 1 rings (SSSR count). The van der Waals surface area contributed by atoms with Gasteiger partial charge in [-0.15, -0.1) is 0 Å². The molecule has 0 aliphatic rings. The predicted molar refractivity (Wildman–Crippen MR) is 67.5 cm³/mol. The molecule has 1 aromatic carbocycles. The highest BCUT2D eigenvalue weighted by molar-refractivity contribution is 5.34. The van der Waals surface area contributed by atoms with Gasteiger partial charge in [-0.3, -0.25) is 4.90 Å². The monoisotopic (exact) mass is 289 g/mol. The van der Waals surface area contributed by atoms with Crippen molar-refractivity contribution < 1.29 is 22.7 Å². The molecule has 0 amide bonds. The Kier molecular flexibility index (Phi) is 6.49. The molecule has 0 atom stereocenters. The van der Waals surface area contributed by atoms with E-state index < -0.39 is 18.5 Å². The standard InChI is InChI=1S/C14H15F4NO/c15-13-6-4-12(5-7-13)3-1-8-19(9-2-10-20)11-14(16,17)18/h4-7,20H,2,8-11H2. The van der Waals surface area contributed by atoms with Gasteiger partial charge in [-0.2, -0.15) is 13.2 Å². The minimum atomic E-state index is -4.30. The summed E-state index contributed by atoms with van der Waals surface area (Å²) in [6.45, 7) is -1.17. The van der Waals surface area contributed by atoms with Crippen molar-refractivity contribution >= 4 is 0 Å². The predicted octanol–water partition coefficient (Wildman–Crippen LogP) is 2.42. The second-order valence-electron chi connectivity index (χ2n) is 4.21. The lowest BCUT2D eigenvalue weighted by molar-refractivity contribution is -0.144. The number of hydrogen-bond donors (Lipinski definition) is 1. The van der Waals surface area contributed by atoms with Crippen molar-refractivity contribution in [2.75, 3.05) is 26.2 Å². The maximum absolute atomic E-state index is 12.7.